The quantitative estimate of drug-likeness (QED) is 0.230. The number of piperazine rings is 1. The number of carbonyl (C=O) groups is 1. The summed E-state index contributed by atoms with van der Waals surface area (Å²) in [6, 6.07) is 10.6. The van der Waals surface area contributed by atoms with Gasteiger partial charge in [-0.2, -0.15) is 20.3 Å². The lowest BCUT2D eigenvalue weighted by Crippen LogP contribution is -2.55. The average Bonchev–Trinajstić information content (AvgIpc) is 3.76. The molecule has 2 aliphatic heterocycles. The molecule has 5 heterocycles. The molecular weight excluding hydrogens is 630 g/mol. The number of aromatic nitrogens is 6. The lowest BCUT2D eigenvalue weighted by atomic mass is 9.95. The maximum Gasteiger partial charge on any atom is 0.319 e. The first-order chi connectivity index (χ1) is 23.8. The molecule has 14 heteroatoms. The van der Waals surface area contributed by atoms with Crippen molar-refractivity contribution in [3.8, 4) is 23.2 Å². The van der Waals surface area contributed by atoms with Crippen molar-refractivity contribution < 1.29 is 18.3 Å². The predicted octanol–water partition coefficient (Wildman–Crippen LogP) is 4.83. The van der Waals surface area contributed by atoms with Crippen LogP contribution in [0.4, 0.5) is 14.6 Å². The van der Waals surface area contributed by atoms with Crippen LogP contribution in [-0.2, 0) is 4.79 Å². The molecule has 0 saturated carbocycles. The van der Waals surface area contributed by atoms with Crippen molar-refractivity contribution in [1.29, 1.82) is 5.26 Å². The summed E-state index contributed by atoms with van der Waals surface area (Å²) in [6.45, 7) is 3.72. The van der Waals surface area contributed by atoms with Gasteiger partial charge in [-0.1, -0.05) is 12.1 Å². The van der Waals surface area contributed by atoms with Crippen molar-refractivity contribution in [3.63, 3.8) is 0 Å². The fourth-order valence-electron chi connectivity index (χ4n) is 6.76. The molecule has 1 N–H and O–H groups in total. The Morgan fingerprint density at radius 3 is 2.73 bits per heavy atom. The maximum atomic E-state index is 16.8. The highest BCUT2D eigenvalue weighted by molar-refractivity contribution is 6.00. The highest BCUT2D eigenvalue weighted by Gasteiger charge is 2.34. The molecule has 7 rings (SSSR count). The number of hydrogen-bond donors (Lipinski definition) is 1. The summed E-state index contributed by atoms with van der Waals surface area (Å²) >= 11 is 0. The number of carbonyl (C=O) groups excluding carboxylic acids is 1. The molecule has 0 bridgehead atoms. The molecule has 2 unspecified atom stereocenters. The summed E-state index contributed by atoms with van der Waals surface area (Å²) in [4.78, 5) is 36.0. The molecule has 0 aliphatic carbocycles. The van der Waals surface area contributed by atoms with E-state index in [1.165, 1.54) is 17.3 Å². The first-order valence-electron chi connectivity index (χ1n) is 16.2. The van der Waals surface area contributed by atoms with E-state index in [9.17, 15) is 10.1 Å². The molecule has 1 amide bonds. The average molecular weight is 665 g/mol. The summed E-state index contributed by atoms with van der Waals surface area (Å²) in [5.74, 6) is -1.94. The van der Waals surface area contributed by atoms with Gasteiger partial charge < -0.3 is 19.4 Å². The summed E-state index contributed by atoms with van der Waals surface area (Å²) in [6.07, 6.45) is 7.54. The molecule has 250 valence electrons. The number of fused-ring (bicyclic) bond motifs is 2. The highest BCUT2D eigenvalue weighted by atomic mass is 19.1. The van der Waals surface area contributed by atoms with Gasteiger partial charge in [0.15, 0.2) is 17.5 Å². The first kappa shape index (κ1) is 32.0. The minimum absolute atomic E-state index is 0.0317. The Labute approximate surface area is 281 Å². The van der Waals surface area contributed by atoms with Crippen molar-refractivity contribution in [2.75, 3.05) is 44.7 Å². The Balaban J connectivity index is 1.26. The van der Waals surface area contributed by atoms with Crippen molar-refractivity contribution in [2.24, 2.45) is 0 Å². The first-order valence-corrected chi connectivity index (χ1v) is 16.2. The molecule has 12 nitrogen and oxygen atoms in total. The van der Waals surface area contributed by atoms with E-state index >= 15 is 8.78 Å². The van der Waals surface area contributed by atoms with Gasteiger partial charge >= 0.3 is 6.01 Å². The fraction of sp³-hybridized carbons (Fsp3) is 0.343. The zero-order valence-electron chi connectivity index (χ0n) is 27.1. The fourth-order valence-corrected chi connectivity index (χ4v) is 6.76. The number of hydrogen-bond acceptors (Lipinski definition) is 10. The molecule has 2 fully saturated rings. The highest BCUT2D eigenvalue weighted by Crippen LogP contribution is 2.38. The minimum Gasteiger partial charge on any atom is -0.462 e. The van der Waals surface area contributed by atoms with E-state index in [1.54, 1.807) is 24.4 Å². The molecular formula is C35H34F2N10O2. The second kappa shape index (κ2) is 13.5. The SMILES string of the molecule is Cc1ccc2[nH]ncc2c1-c1ccc2c(N3CCN(C(=O)/C(F)=C/c4ncccn4)C(CC#N)C3)nc(OCC3CCCN3C)nc2c1F. The summed E-state index contributed by atoms with van der Waals surface area (Å²) in [5, 5.41) is 18.0. The number of halogens is 2. The van der Waals surface area contributed by atoms with E-state index in [2.05, 4.69) is 36.1 Å². The molecule has 2 atom stereocenters. The Kier molecular flexibility index (Phi) is 8.83. The molecule has 2 aromatic carbocycles. The summed E-state index contributed by atoms with van der Waals surface area (Å²) < 4.78 is 38.1. The van der Waals surface area contributed by atoms with Crippen molar-refractivity contribution in [2.45, 2.75) is 38.3 Å². The third kappa shape index (κ3) is 6.25. The maximum absolute atomic E-state index is 16.8. The molecule has 49 heavy (non-hydrogen) atoms. The molecule has 0 spiro atoms. The Morgan fingerprint density at radius 1 is 1.12 bits per heavy atom. The van der Waals surface area contributed by atoms with Gasteiger partial charge in [0.25, 0.3) is 5.91 Å². The molecule has 3 aromatic heterocycles. The standard InChI is InChI=1S/C35H34F2N10O2/c1-21-6-9-28-26(18-41-44-28)30(21)24-7-8-25-32(31(24)37)42-35(49-20-23-5-3-14-45(23)2)43-33(25)46-15-16-47(22(19-46)10-11-38)34(48)27(36)17-29-39-12-4-13-40-29/h4,6-9,12-13,17-18,22-23H,3,5,10,14-16,19-20H2,1-2H3,(H,41,44)/b27-17-. The predicted molar refractivity (Wildman–Crippen MR) is 180 cm³/mol. The van der Waals surface area contributed by atoms with E-state index in [0.717, 1.165) is 41.9 Å². The van der Waals surface area contributed by atoms with Crippen LogP contribution in [0.3, 0.4) is 0 Å². The number of anilines is 1. The van der Waals surface area contributed by atoms with Gasteiger partial charge in [-0.05, 0) is 62.7 Å². The van der Waals surface area contributed by atoms with Gasteiger partial charge in [0.2, 0.25) is 0 Å². The smallest absolute Gasteiger partial charge is 0.319 e. The second-order valence-corrected chi connectivity index (χ2v) is 12.4. The van der Waals surface area contributed by atoms with Crippen LogP contribution in [0.1, 0.15) is 30.7 Å². The molecule has 2 aliphatic rings. The number of aryl methyl sites for hydroxylation is 1. The van der Waals surface area contributed by atoms with E-state index in [4.69, 9.17) is 9.72 Å². The van der Waals surface area contributed by atoms with Gasteiger partial charge in [0, 0.05) is 60.5 Å². The number of ether oxygens (including phenoxy) is 1. The largest absolute Gasteiger partial charge is 0.462 e. The zero-order chi connectivity index (χ0) is 34.1. The van der Waals surface area contributed by atoms with Crippen LogP contribution < -0.4 is 9.64 Å². The van der Waals surface area contributed by atoms with Gasteiger partial charge in [0.1, 0.15) is 17.9 Å². The normalized spacial score (nSPS) is 18.7. The van der Waals surface area contributed by atoms with Crippen molar-refractivity contribution in [3.05, 3.63) is 72.0 Å². The topological polar surface area (TPSA) is 140 Å². The van der Waals surface area contributed by atoms with Crippen LogP contribution >= 0.6 is 0 Å². The monoisotopic (exact) mass is 664 g/mol. The van der Waals surface area contributed by atoms with Crippen LogP contribution in [0.15, 0.2) is 54.7 Å². The Bertz CT molecular complexity index is 2100. The summed E-state index contributed by atoms with van der Waals surface area (Å²) in [5.41, 5.74) is 2.82. The third-order valence-electron chi connectivity index (χ3n) is 9.36. The second-order valence-electron chi connectivity index (χ2n) is 12.4. The Hall–Kier alpha value is -5.55. The number of nitriles is 1. The number of nitrogens with zero attached hydrogens (tertiary/aromatic N) is 9. The number of benzene rings is 2. The van der Waals surface area contributed by atoms with Gasteiger partial charge in [-0.3, -0.25) is 9.89 Å². The van der Waals surface area contributed by atoms with Crippen LogP contribution in [0, 0.1) is 24.1 Å². The van der Waals surface area contributed by atoms with Gasteiger partial charge in [-0.15, -0.1) is 0 Å². The van der Waals surface area contributed by atoms with E-state index < -0.39 is 23.6 Å². The zero-order valence-corrected chi connectivity index (χ0v) is 27.1. The minimum atomic E-state index is -1.03. The molecule has 2 saturated heterocycles. The van der Waals surface area contributed by atoms with Gasteiger partial charge in [0.05, 0.1) is 30.2 Å². The third-order valence-corrected chi connectivity index (χ3v) is 9.36. The van der Waals surface area contributed by atoms with E-state index in [1.807, 2.05) is 31.0 Å². The number of likely N-dealkylation sites (tertiary alicyclic amines) is 1. The van der Waals surface area contributed by atoms with Crippen LogP contribution in [0.25, 0.3) is 39.0 Å². The Morgan fingerprint density at radius 2 is 1.96 bits per heavy atom. The van der Waals surface area contributed by atoms with Crippen LogP contribution in [-0.4, -0.2) is 97.8 Å². The number of amides is 1. The number of aromatic amines is 1. The number of nitrogens with one attached hydrogen (secondary N) is 1. The van der Waals surface area contributed by atoms with Gasteiger partial charge in [-0.25, -0.2) is 18.7 Å². The summed E-state index contributed by atoms with van der Waals surface area (Å²) in [7, 11) is 2.04. The van der Waals surface area contributed by atoms with Crippen LogP contribution in [0.2, 0.25) is 0 Å². The lowest BCUT2D eigenvalue weighted by molar-refractivity contribution is -0.131. The van der Waals surface area contributed by atoms with E-state index in [0.29, 0.717) is 28.9 Å². The molecule has 5 aromatic rings. The van der Waals surface area contributed by atoms with Crippen LogP contribution in [0.5, 0.6) is 6.01 Å². The van der Waals surface area contributed by atoms with Crippen molar-refractivity contribution >= 4 is 39.6 Å². The van der Waals surface area contributed by atoms with Crippen molar-refractivity contribution in [1.82, 2.24) is 39.9 Å². The number of H-pyrrole nitrogens is 1. The van der Waals surface area contributed by atoms with E-state index in [-0.39, 0.29) is 49.4 Å². The molecule has 0 radical (unpaired) electrons. The number of likely N-dealkylation sites (N-methyl/N-ethyl adjacent to an activating group) is 1. The number of rotatable bonds is 8. The lowest BCUT2D eigenvalue weighted by Gasteiger charge is -2.41.